The van der Waals surface area contributed by atoms with Crippen LogP contribution < -0.4 is 0 Å². The number of alkyl halides is 3. The molecule has 0 bridgehead atoms. The molecule has 1 unspecified atom stereocenters. The number of amides is 1. The van der Waals surface area contributed by atoms with Gasteiger partial charge in [0.15, 0.2) is 0 Å². The average molecular weight is 524 g/mol. The van der Waals surface area contributed by atoms with E-state index in [4.69, 9.17) is 0 Å². The van der Waals surface area contributed by atoms with Gasteiger partial charge in [0.05, 0.1) is 5.56 Å². The zero-order valence-corrected chi connectivity index (χ0v) is 21.3. The average Bonchev–Trinajstić information content (AvgIpc) is 2.90. The third kappa shape index (κ3) is 8.61. The first-order valence-corrected chi connectivity index (χ1v) is 12.7. The fraction of sp³-hybridized carbons (Fsp3) is 0.290. The normalized spacial score (nSPS) is 12.4. The van der Waals surface area contributed by atoms with Crippen molar-refractivity contribution < 1.29 is 27.9 Å². The van der Waals surface area contributed by atoms with Gasteiger partial charge in [0, 0.05) is 19.0 Å². The molecule has 200 valence electrons. The number of halogens is 3. The highest BCUT2D eigenvalue weighted by atomic mass is 19.4. The number of carboxylic acid groups (broad SMARTS) is 1. The second-order valence-corrected chi connectivity index (χ2v) is 9.24. The summed E-state index contributed by atoms with van der Waals surface area (Å²) >= 11 is 0. The number of aliphatic carboxylic acids is 1. The Morgan fingerprint density at radius 1 is 0.868 bits per heavy atom. The summed E-state index contributed by atoms with van der Waals surface area (Å²) < 4.78 is 38.6. The molecule has 3 aromatic carbocycles. The summed E-state index contributed by atoms with van der Waals surface area (Å²) in [5.41, 5.74) is 2.36. The smallest absolute Gasteiger partial charge is 0.416 e. The van der Waals surface area contributed by atoms with Crippen LogP contribution in [0.5, 0.6) is 0 Å². The van der Waals surface area contributed by atoms with Gasteiger partial charge < -0.3 is 10.0 Å². The van der Waals surface area contributed by atoms with Crippen molar-refractivity contribution in [2.45, 2.75) is 57.8 Å². The topological polar surface area (TPSA) is 57.6 Å². The summed E-state index contributed by atoms with van der Waals surface area (Å²) in [6.07, 6.45) is 2.60. The van der Waals surface area contributed by atoms with Crippen LogP contribution in [0.25, 0.3) is 6.08 Å². The van der Waals surface area contributed by atoms with Crippen molar-refractivity contribution in [3.8, 4) is 0 Å². The zero-order valence-electron chi connectivity index (χ0n) is 21.3. The molecule has 0 heterocycles. The first kappa shape index (κ1) is 28.7. The minimum absolute atomic E-state index is 0.0786. The number of rotatable bonds is 12. The largest absolute Gasteiger partial charge is 0.480 e. The highest BCUT2D eigenvalue weighted by Crippen LogP contribution is 2.29. The lowest BCUT2D eigenvalue weighted by molar-refractivity contribution is -0.148. The third-order valence-electron chi connectivity index (χ3n) is 6.32. The Balaban J connectivity index is 1.84. The van der Waals surface area contributed by atoms with E-state index in [2.05, 4.69) is 6.92 Å². The van der Waals surface area contributed by atoms with Gasteiger partial charge in [0.1, 0.15) is 6.04 Å². The molecule has 0 aliphatic rings. The van der Waals surface area contributed by atoms with Crippen molar-refractivity contribution >= 4 is 18.0 Å². The Labute approximate surface area is 221 Å². The van der Waals surface area contributed by atoms with Crippen LogP contribution in [0.2, 0.25) is 0 Å². The SMILES string of the molecule is CCCCCc1ccc(CN(C(=O)C=Cc2ccc(C(F)(F)F)cc2)C(Cc2ccccc2)C(=O)O)cc1. The van der Waals surface area contributed by atoms with Gasteiger partial charge in [-0.05, 0) is 53.3 Å². The Morgan fingerprint density at radius 3 is 2.08 bits per heavy atom. The summed E-state index contributed by atoms with van der Waals surface area (Å²) in [4.78, 5) is 26.9. The van der Waals surface area contributed by atoms with Gasteiger partial charge in [-0.2, -0.15) is 13.2 Å². The van der Waals surface area contributed by atoms with Crippen LogP contribution in [0.1, 0.15) is 54.0 Å². The number of unbranched alkanes of at least 4 members (excludes halogenated alkanes) is 2. The molecule has 1 atom stereocenters. The summed E-state index contributed by atoms with van der Waals surface area (Å²) in [5.74, 6) is -1.68. The maximum atomic E-state index is 13.3. The number of benzene rings is 3. The van der Waals surface area contributed by atoms with Crippen molar-refractivity contribution in [1.29, 1.82) is 0 Å². The van der Waals surface area contributed by atoms with Crippen LogP contribution in [0, 0.1) is 0 Å². The van der Waals surface area contributed by atoms with Crippen molar-refractivity contribution in [2.75, 3.05) is 0 Å². The van der Waals surface area contributed by atoms with E-state index in [9.17, 15) is 27.9 Å². The molecule has 0 radical (unpaired) electrons. The Kier molecular flexibility index (Phi) is 10.3. The third-order valence-corrected chi connectivity index (χ3v) is 6.32. The first-order valence-electron chi connectivity index (χ1n) is 12.7. The van der Waals surface area contributed by atoms with E-state index in [0.717, 1.165) is 48.9 Å². The molecule has 0 aromatic heterocycles. The van der Waals surface area contributed by atoms with Gasteiger partial charge in [-0.25, -0.2) is 4.79 Å². The molecule has 0 saturated carbocycles. The number of carbonyl (C=O) groups excluding carboxylic acids is 1. The Morgan fingerprint density at radius 2 is 1.50 bits per heavy atom. The van der Waals surface area contributed by atoms with Crippen molar-refractivity contribution in [3.63, 3.8) is 0 Å². The summed E-state index contributed by atoms with van der Waals surface area (Å²) in [6.45, 7) is 2.23. The monoisotopic (exact) mass is 523 g/mol. The van der Waals surface area contributed by atoms with Gasteiger partial charge in [0.2, 0.25) is 5.91 Å². The van der Waals surface area contributed by atoms with Crippen LogP contribution in [-0.2, 0) is 35.2 Å². The molecular weight excluding hydrogens is 491 g/mol. The molecular formula is C31H32F3NO3. The van der Waals surface area contributed by atoms with Gasteiger partial charge in [0.25, 0.3) is 0 Å². The van der Waals surface area contributed by atoms with Gasteiger partial charge in [-0.1, -0.05) is 86.5 Å². The van der Waals surface area contributed by atoms with E-state index in [1.54, 1.807) is 0 Å². The van der Waals surface area contributed by atoms with Gasteiger partial charge in [-0.15, -0.1) is 0 Å². The van der Waals surface area contributed by atoms with E-state index in [1.165, 1.54) is 34.7 Å². The number of hydrogen-bond donors (Lipinski definition) is 1. The number of carboxylic acids is 1. The van der Waals surface area contributed by atoms with E-state index in [0.29, 0.717) is 5.56 Å². The fourth-order valence-electron chi connectivity index (χ4n) is 4.14. The van der Waals surface area contributed by atoms with E-state index >= 15 is 0 Å². The summed E-state index contributed by atoms with van der Waals surface area (Å²) in [7, 11) is 0. The molecule has 1 amide bonds. The fourth-order valence-corrected chi connectivity index (χ4v) is 4.14. The highest BCUT2D eigenvalue weighted by molar-refractivity contribution is 5.94. The summed E-state index contributed by atoms with van der Waals surface area (Å²) in [6, 6.07) is 20.2. The highest BCUT2D eigenvalue weighted by Gasteiger charge is 2.30. The molecule has 0 aliphatic carbocycles. The zero-order chi connectivity index (χ0) is 27.5. The minimum atomic E-state index is -4.45. The van der Waals surface area contributed by atoms with Crippen LogP contribution in [-0.4, -0.2) is 27.9 Å². The molecule has 3 aromatic rings. The first-order chi connectivity index (χ1) is 18.2. The molecule has 4 nitrogen and oxygen atoms in total. The maximum Gasteiger partial charge on any atom is 0.416 e. The molecule has 0 aliphatic heterocycles. The molecule has 1 N–H and O–H groups in total. The number of hydrogen-bond acceptors (Lipinski definition) is 2. The molecule has 0 spiro atoms. The lowest BCUT2D eigenvalue weighted by atomic mass is 10.0. The van der Waals surface area contributed by atoms with Crippen LogP contribution in [0.3, 0.4) is 0 Å². The molecule has 3 rings (SSSR count). The molecule has 7 heteroatoms. The second kappa shape index (κ2) is 13.6. The second-order valence-electron chi connectivity index (χ2n) is 9.24. The molecule has 0 saturated heterocycles. The number of aryl methyl sites for hydroxylation is 1. The standard InChI is InChI=1S/C31H32F3NO3/c1-2-3-5-8-23-11-13-26(14-12-23)22-35(28(30(37)38)21-25-9-6-4-7-10-25)29(36)20-17-24-15-18-27(19-16-24)31(32,33)34/h4,6-7,9-20,28H,2-3,5,8,21-22H2,1H3,(H,37,38). The van der Waals surface area contributed by atoms with Crippen LogP contribution in [0.15, 0.2) is 84.9 Å². The van der Waals surface area contributed by atoms with Gasteiger partial charge in [-0.3, -0.25) is 4.79 Å². The van der Waals surface area contributed by atoms with E-state index in [-0.39, 0.29) is 13.0 Å². The van der Waals surface area contributed by atoms with Crippen LogP contribution in [0.4, 0.5) is 13.2 Å². The van der Waals surface area contributed by atoms with Crippen molar-refractivity contribution in [1.82, 2.24) is 4.90 Å². The lowest BCUT2D eigenvalue weighted by Crippen LogP contribution is -2.45. The quantitative estimate of drug-likeness (QED) is 0.202. The predicted octanol–water partition coefficient (Wildman–Crippen LogP) is 7.18. The maximum absolute atomic E-state index is 13.3. The van der Waals surface area contributed by atoms with Gasteiger partial charge >= 0.3 is 12.1 Å². The van der Waals surface area contributed by atoms with E-state index < -0.39 is 29.7 Å². The van der Waals surface area contributed by atoms with Crippen LogP contribution >= 0.6 is 0 Å². The Bertz CT molecular complexity index is 1200. The Hall–Kier alpha value is -3.87. The van der Waals surface area contributed by atoms with Crippen molar-refractivity contribution in [2.24, 2.45) is 0 Å². The predicted molar refractivity (Wildman–Crippen MR) is 142 cm³/mol. The molecule has 38 heavy (non-hydrogen) atoms. The summed E-state index contributed by atoms with van der Waals surface area (Å²) in [5, 5.41) is 10.1. The number of nitrogens with zero attached hydrogens (tertiary/aromatic N) is 1. The lowest BCUT2D eigenvalue weighted by Gasteiger charge is -2.28. The van der Waals surface area contributed by atoms with E-state index in [1.807, 2.05) is 54.6 Å². The molecule has 0 fully saturated rings. The number of carbonyl (C=O) groups is 2. The minimum Gasteiger partial charge on any atom is -0.480 e. The van der Waals surface area contributed by atoms with Crippen molar-refractivity contribution in [3.05, 3.63) is 113 Å².